The summed E-state index contributed by atoms with van der Waals surface area (Å²) in [6, 6.07) is 14.6. The predicted molar refractivity (Wildman–Crippen MR) is 84.4 cm³/mol. The summed E-state index contributed by atoms with van der Waals surface area (Å²) in [6.45, 7) is 0. The Hall–Kier alpha value is -2.49. The van der Waals surface area contributed by atoms with Crippen LogP contribution in [0.4, 0.5) is 5.69 Å². The van der Waals surface area contributed by atoms with E-state index in [-0.39, 0.29) is 0 Å². The number of nitrogen functional groups attached to an aromatic ring is 1. The van der Waals surface area contributed by atoms with E-state index in [4.69, 9.17) is 15.5 Å². The van der Waals surface area contributed by atoms with Crippen molar-refractivity contribution < 1.29 is 4.74 Å². The zero-order chi connectivity index (χ0) is 14.4. The standard InChI is InChI=1S/C17H17N3O/c1-21-16-10-11(18)6-9-13(16)17-19-14-4-2-3-5-15(14)20(17)12-7-8-12/h2-6,9-10,12H,7-8,18H2,1H3. The highest BCUT2D eigenvalue weighted by molar-refractivity contribution is 5.82. The molecule has 4 nitrogen and oxygen atoms in total. The van der Waals surface area contributed by atoms with E-state index >= 15 is 0 Å². The van der Waals surface area contributed by atoms with Gasteiger partial charge < -0.3 is 15.0 Å². The molecule has 0 unspecified atom stereocenters. The summed E-state index contributed by atoms with van der Waals surface area (Å²) in [6.07, 6.45) is 2.43. The number of para-hydroxylation sites is 2. The van der Waals surface area contributed by atoms with Crippen LogP contribution < -0.4 is 10.5 Å². The van der Waals surface area contributed by atoms with Crippen molar-refractivity contribution in [3.05, 3.63) is 42.5 Å². The number of hydrogen-bond donors (Lipinski definition) is 1. The smallest absolute Gasteiger partial charge is 0.145 e. The SMILES string of the molecule is COc1cc(N)ccc1-c1nc2ccccc2n1C1CC1. The average Bonchev–Trinajstić information content (AvgIpc) is 3.27. The molecule has 1 aliphatic rings. The Morgan fingerprint density at radius 3 is 2.76 bits per heavy atom. The van der Waals surface area contributed by atoms with Gasteiger partial charge in [-0.1, -0.05) is 12.1 Å². The van der Waals surface area contributed by atoms with E-state index in [1.165, 1.54) is 18.4 Å². The van der Waals surface area contributed by atoms with Gasteiger partial charge in [0, 0.05) is 17.8 Å². The van der Waals surface area contributed by atoms with E-state index < -0.39 is 0 Å². The fraction of sp³-hybridized carbons (Fsp3) is 0.235. The third-order valence-corrected chi connectivity index (χ3v) is 3.97. The molecule has 2 N–H and O–H groups in total. The first kappa shape index (κ1) is 12.3. The van der Waals surface area contributed by atoms with Crippen LogP contribution in [-0.2, 0) is 0 Å². The van der Waals surface area contributed by atoms with Gasteiger partial charge in [0.2, 0.25) is 0 Å². The van der Waals surface area contributed by atoms with Crippen molar-refractivity contribution in [2.45, 2.75) is 18.9 Å². The molecule has 106 valence electrons. The summed E-state index contributed by atoms with van der Waals surface area (Å²) in [5.41, 5.74) is 9.77. The number of hydrogen-bond acceptors (Lipinski definition) is 3. The predicted octanol–water partition coefficient (Wildman–Crippen LogP) is 3.63. The van der Waals surface area contributed by atoms with Gasteiger partial charge in [-0.3, -0.25) is 0 Å². The summed E-state index contributed by atoms with van der Waals surface area (Å²) in [7, 11) is 1.67. The van der Waals surface area contributed by atoms with Crippen LogP contribution in [0.5, 0.6) is 5.75 Å². The van der Waals surface area contributed by atoms with Crippen LogP contribution in [0.15, 0.2) is 42.5 Å². The highest BCUT2D eigenvalue weighted by Gasteiger charge is 2.29. The molecule has 0 bridgehead atoms. The van der Waals surface area contributed by atoms with Crippen LogP contribution in [0.25, 0.3) is 22.4 Å². The van der Waals surface area contributed by atoms with Crippen molar-refractivity contribution >= 4 is 16.7 Å². The van der Waals surface area contributed by atoms with Crippen molar-refractivity contribution in [3.8, 4) is 17.1 Å². The quantitative estimate of drug-likeness (QED) is 0.745. The average molecular weight is 279 g/mol. The summed E-state index contributed by atoms with van der Waals surface area (Å²) < 4.78 is 7.84. The van der Waals surface area contributed by atoms with Gasteiger partial charge in [0.05, 0.1) is 23.7 Å². The third kappa shape index (κ3) is 1.95. The molecule has 4 heteroatoms. The molecule has 1 aliphatic carbocycles. The van der Waals surface area contributed by atoms with Gasteiger partial charge in [0.15, 0.2) is 0 Å². The van der Waals surface area contributed by atoms with Crippen LogP contribution >= 0.6 is 0 Å². The van der Waals surface area contributed by atoms with Crippen molar-refractivity contribution in [2.75, 3.05) is 12.8 Å². The molecule has 4 rings (SSSR count). The molecule has 0 saturated heterocycles. The Labute approximate surface area is 123 Å². The molecule has 0 spiro atoms. The zero-order valence-corrected chi connectivity index (χ0v) is 11.9. The maximum atomic E-state index is 5.86. The number of anilines is 1. The van der Waals surface area contributed by atoms with E-state index in [2.05, 4.69) is 22.8 Å². The van der Waals surface area contributed by atoms with Crippen LogP contribution in [0.3, 0.4) is 0 Å². The Morgan fingerprint density at radius 2 is 2.00 bits per heavy atom. The fourth-order valence-corrected chi connectivity index (χ4v) is 2.83. The number of imidazole rings is 1. The van der Waals surface area contributed by atoms with Crippen molar-refractivity contribution in [2.24, 2.45) is 0 Å². The number of methoxy groups -OCH3 is 1. The highest BCUT2D eigenvalue weighted by atomic mass is 16.5. The lowest BCUT2D eigenvalue weighted by Gasteiger charge is -2.11. The number of nitrogens with two attached hydrogens (primary N) is 1. The van der Waals surface area contributed by atoms with E-state index in [9.17, 15) is 0 Å². The lowest BCUT2D eigenvalue weighted by atomic mass is 10.1. The molecule has 0 radical (unpaired) electrons. The summed E-state index contributed by atoms with van der Waals surface area (Å²) >= 11 is 0. The molecular weight excluding hydrogens is 262 g/mol. The molecule has 0 amide bonds. The van der Waals surface area contributed by atoms with Crippen molar-refractivity contribution in [1.82, 2.24) is 9.55 Å². The van der Waals surface area contributed by atoms with Crippen LogP contribution in [0.1, 0.15) is 18.9 Å². The first-order valence-electron chi connectivity index (χ1n) is 7.19. The lowest BCUT2D eigenvalue weighted by molar-refractivity contribution is 0.416. The zero-order valence-electron chi connectivity index (χ0n) is 11.9. The minimum Gasteiger partial charge on any atom is -0.496 e. The number of benzene rings is 2. The van der Waals surface area contributed by atoms with Gasteiger partial charge in [-0.05, 0) is 37.1 Å². The summed E-state index contributed by atoms with van der Waals surface area (Å²) in [4.78, 5) is 4.82. The maximum Gasteiger partial charge on any atom is 0.145 e. The van der Waals surface area contributed by atoms with Crippen molar-refractivity contribution in [3.63, 3.8) is 0 Å². The monoisotopic (exact) mass is 279 g/mol. The second-order valence-corrected chi connectivity index (χ2v) is 5.49. The Morgan fingerprint density at radius 1 is 1.19 bits per heavy atom. The second-order valence-electron chi connectivity index (χ2n) is 5.49. The molecular formula is C17H17N3O. The second kappa shape index (κ2) is 4.52. The molecule has 3 aromatic rings. The van der Waals surface area contributed by atoms with Crippen LogP contribution in [0.2, 0.25) is 0 Å². The van der Waals surface area contributed by atoms with E-state index in [0.717, 1.165) is 22.7 Å². The summed E-state index contributed by atoms with van der Waals surface area (Å²) in [5.74, 6) is 1.74. The van der Waals surface area contributed by atoms with E-state index in [1.54, 1.807) is 7.11 Å². The van der Waals surface area contributed by atoms with E-state index in [0.29, 0.717) is 11.7 Å². The molecule has 1 heterocycles. The normalized spacial score (nSPS) is 14.5. The van der Waals surface area contributed by atoms with Gasteiger partial charge in [0.1, 0.15) is 11.6 Å². The van der Waals surface area contributed by atoms with Gasteiger partial charge in [-0.15, -0.1) is 0 Å². The molecule has 1 saturated carbocycles. The largest absolute Gasteiger partial charge is 0.496 e. The Kier molecular flexibility index (Phi) is 2.64. The first-order chi connectivity index (χ1) is 10.3. The number of fused-ring (bicyclic) bond motifs is 1. The maximum absolute atomic E-state index is 5.86. The molecule has 1 fully saturated rings. The van der Waals surface area contributed by atoms with Gasteiger partial charge in [-0.2, -0.15) is 0 Å². The minimum atomic E-state index is 0.551. The number of ether oxygens (including phenoxy) is 1. The van der Waals surface area contributed by atoms with Crippen molar-refractivity contribution in [1.29, 1.82) is 0 Å². The fourth-order valence-electron chi connectivity index (χ4n) is 2.83. The molecule has 0 atom stereocenters. The van der Waals surface area contributed by atoms with Crippen LogP contribution in [0, 0.1) is 0 Å². The third-order valence-electron chi connectivity index (χ3n) is 3.97. The number of rotatable bonds is 3. The summed E-state index contributed by atoms with van der Waals surface area (Å²) in [5, 5.41) is 0. The number of nitrogens with zero attached hydrogens (tertiary/aromatic N) is 2. The Bertz CT molecular complexity index is 818. The van der Waals surface area contributed by atoms with Gasteiger partial charge in [0.25, 0.3) is 0 Å². The van der Waals surface area contributed by atoms with Crippen LogP contribution in [-0.4, -0.2) is 16.7 Å². The Balaban J connectivity index is 2.00. The first-order valence-corrected chi connectivity index (χ1v) is 7.19. The molecule has 21 heavy (non-hydrogen) atoms. The van der Waals surface area contributed by atoms with Gasteiger partial charge in [-0.25, -0.2) is 4.98 Å². The molecule has 2 aromatic carbocycles. The molecule has 0 aliphatic heterocycles. The van der Waals surface area contributed by atoms with Gasteiger partial charge >= 0.3 is 0 Å². The lowest BCUT2D eigenvalue weighted by Crippen LogP contribution is -1.99. The minimum absolute atomic E-state index is 0.551. The number of aromatic nitrogens is 2. The topological polar surface area (TPSA) is 53.1 Å². The molecule has 1 aromatic heterocycles. The highest BCUT2D eigenvalue weighted by Crippen LogP contribution is 2.43. The van der Waals surface area contributed by atoms with E-state index in [1.807, 2.05) is 24.3 Å².